The molecule has 3 aromatic rings. The van der Waals surface area contributed by atoms with E-state index >= 15 is 0 Å². The Balaban J connectivity index is 1.52. The molecule has 190 valence electrons. The number of rotatable bonds is 8. The van der Waals surface area contributed by atoms with E-state index in [0.29, 0.717) is 50.2 Å². The van der Waals surface area contributed by atoms with Crippen LogP contribution in [0, 0.1) is 0 Å². The van der Waals surface area contributed by atoms with E-state index in [1.165, 1.54) is 0 Å². The average Bonchev–Trinajstić information content (AvgIpc) is 3.12. The van der Waals surface area contributed by atoms with Crippen LogP contribution in [-0.4, -0.2) is 27.8 Å². The van der Waals surface area contributed by atoms with Crippen LogP contribution in [0.25, 0.3) is 6.08 Å². The number of amides is 2. The van der Waals surface area contributed by atoms with E-state index in [2.05, 4.69) is 37.3 Å². The number of hydrogen-bond donors (Lipinski definition) is 1. The van der Waals surface area contributed by atoms with Crippen LogP contribution in [0.15, 0.2) is 74.5 Å². The molecule has 0 spiro atoms. The molecule has 1 aliphatic rings. The Labute approximate surface area is 245 Å². The lowest BCUT2D eigenvalue weighted by atomic mass is 10.1. The Kier molecular flexibility index (Phi) is 9.31. The van der Waals surface area contributed by atoms with Crippen molar-refractivity contribution in [2.24, 2.45) is 0 Å². The summed E-state index contributed by atoms with van der Waals surface area (Å²) in [4.78, 5) is 26.0. The maximum atomic E-state index is 13.0. The molecule has 1 aliphatic heterocycles. The second-order valence-corrected chi connectivity index (χ2v) is 11.5. The van der Waals surface area contributed by atoms with Gasteiger partial charge in [0.1, 0.15) is 6.61 Å². The first-order valence-electron chi connectivity index (χ1n) is 10.9. The number of nitrogens with zero attached hydrogens (tertiary/aromatic N) is 1. The van der Waals surface area contributed by atoms with Crippen molar-refractivity contribution in [1.29, 1.82) is 0 Å². The van der Waals surface area contributed by atoms with Gasteiger partial charge >= 0.3 is 0 Å². The molecule has 0 aliphatic carbocycles. The summed E-state index contributed by atoms with van der Waals surface area (Å²) < 4.78 is 13.8. The fraction of sp³-hybridized carbons (Fsp3) is 0.115. The van der Waals surface area contributed by atoms with Crippen molar-refractivity contribution in [3.05, 3.63) is 96.2 Å². The zero-order valence-corrected chi connectivity index (χ0v) is 24.9. The van der Waals surface area contributed by atoms with Crippen molar-refractivity contribution in [3.8, 4) is 11.5 Å². The number of nitrogens with one attached hydrogen (secondary N) is 1. The topological polar surface area (TPSA) is 67.9 Å². The van der Waals surface area contributed by atoms with Gasteiger partial charge in [-0.2, -0.15) is 5.01 Å². The van der Waals surface area contributed by atoms with E-state index in [1.807, 2.05) is 37.3 Å². The molecule has 1 fully saturated rings. The van der Waals surface area contributed by atoms with Crippen LogP contribution in [0.3, 0.4) is 0 Å². The molecular weight excluding hydrogens is 664 g/mol. The van der Waals surface area contributed by atoms with Crippen LogP contribution in [0.5, 0.6) is 11.5 Å². The molecule has 37 heavy (non-hydrogen) atoms. The van der Waals surface area contributed by atoms with Gasteiger partial charge in [0.2, 0.25) is 0 Å². The van der Waals surface area contributed by atoms with E-state index in [1.54, 1.807) is 36.4 Å². The van der Waals surface area contributed by atoms with Crippen LogP contribution < -0.4 is 14.9 Å². The van der Waals surface area contributed by atoms with Gasteiger partial charge in [0.25, 0.3) is 11.8 Å². The number of thioether (sulfide) groups is 1. The summed E-state index contributed by atoms with van der Waals surface area (Å²) in [5.74, 6) is 0.196. The Morgan fingerprint density at radius 1 is 1.11 bits per heavy atom. The maximum Gasteiger partial charge on any atom is 0.285 e. The van der Waals surface area contributed by atoms with Crippen LogP contribution in [0.4, 0.5) is 0 Å². The van der Waals surface area contributed by atoms with Gasteiger partial charge in [-0.05, 0) is 101 Å². The van der Waals surface area contributed by atoms with Crippen molar-refractivity contribution in [1.82, 2.24) is 10.4 Å². The van der Waals surface area contributed by atoms with Crippen LogP contribution in [-0.2, 0) is 11.4 Å². The summed E-state index contributed by atoms with van der Waals surface area (Å²) in [6.45, 7) is 2.67. The number of halogens is 3. The minimum absolute atomic E-state index is 0.220. The summed E-state index contributed by atoms with van der Waals surface area (Å²) in [5, 5.41) is 1.57. The molecule has 0 unspecified atom stereocenters. The Morgan fingerprint density at radius 3 is 2.49 bits per heavy atom. The van der Waals surface area contributed by atoms with Gasteiger partial charge in [-0.1, -0.05) is 51.4 Å². The number of carbonyl (C=O) groups excluding carboxylic acids is 2. The summed E-state index contributed by atoms with van der Waals surface area (Å²) in [6, 6.07) is 17.8. The molecule has 0 saturated carbocycles. The third-order valence-electron chi connectivity index (χ3n) is 5.04. The predicted molar refractivity (Wildman–Crippen MR) is 158 cm³/mol. The highest BCUT2D eigenvalue weighted by Crippen LogP contribution is 2.39. The molecule has 0 aromatic heterocycles. The molecule has 11 heteroatoms. The Morgan fingerprint density at radius 2 is 1.81 bits per heavy atom. The molecule has 1 saturated heterocycles. The minimum Gasteiger partial charge on any atom is -0.490 e. The number of hydrogen-bond acceptors (Lipinski definition) is 6. The largest absolute Gasteiger partial charge is 0.490 e. The number of benzene rings is 3. The maximum absolute atomic E-state index is 13.0. The van der Waals surface area contributed by atoms with Crippen molar-refractivity contribution in [2.45, 2.75) is 13.5 Å². The SMILES string of the molecule is CCOc1cc(/C=C2/SC(=S)N(NC(=O)c3ccc(Cl)cc3)C2=O)cc(Br)c1OCc1ccc(Br)cc1. The Hall–Kier alpha value is -2.37. The Bertz CT molecular complexity index is 1380. The third-order valence-corrected chi connectivity index (χ3v) is 7.71. The summed E-state index contributed by atoms with van der Waals surface area (Å²) >= 11 is 19.3. The normalized spacial score (nSPS) is 14.3. The zero-order valence-electron chi connectivity index (χ0n) is 19.3. The van der Waals surface area contributed by atoms with Crippen LogP contribution in [0.1, 0.15) is 28.4 Å². The fourth-order valence-electron chi connectivity index (χ4n) is 3.29. The van der Waals surface area contributed by atoms with Gasteiger partial charge in [-0.25, -0.2) is 0 Å². The van der Waals surface area contributed by atoms with Gasteiger partial charge in [-0.3, -0.25) is 15.0 Å². The van der Waals surface area contributed by atoms with Gasteiger partial charge in [0, 0.05) is 15.1 Å². The fourth-order valence-corrected chi connectivity index (χ4v) is 5.44. The van der Waals surface area contributed by atoms with E-state index in [-0.39, 0.29) is 4.32 Å². The second-order valence-electron chi connectivity index (χ2n) is 7.64. The standard InChI is InChI=1S/C26H19Br2ClN2O4S2/c1-2-34-21-12-16(11-20(28)23(21)35-14-15-3-7-18(27)8-4-15)13-22-25(33)31(26(36)37-22)30-24(32)17-5-9-19(29)10-6-17/h3-13H,2,14H2,1H3,(H,30,32)/b22-13+. The summed E-state index contributed by atoms with van der Waals surface area (Å²) in [6.07, 6.45) is 1.69. The summed E-state index contributed by atoms with van der Waals surface area (Å²) in [7, 11) is 0. The number of ether oxygens (including phenoxy) is 2. The lowest BCUT2D eigenvalue weighted by molar-refractivity contribution is -0.123. The van der Waals surface area contributed by atoms with Gasteiger partial charge in [-0.15, -0.1) is 0 Å². The quantitative estimate of drug-likeness (QED) is 0.198. The number of hydrazine groups is 1. The lowest BCUT2D eigenvalue weighted by Crippen LogP contribution is -2.44. The molecular formula is C26H19Br2ClN2O4S2. The average molecular weight is 683 g/mol. The summed E-state index contributed by atoms with van der Waals surface area (Å²) in [5.41, 5.74) is 4.62. The van der Waals surface area contributed by atoms with Crippen molar-refractivity contribution in [2.75, 3.05) is 6.61 Å². The first-order valence-corrected chi connectivity index (χ1v) is 14.1. The highest BCUT2D eigenvalue weighted by Gasteiger charge is 2.34. The first kappa shape index (κ1) is 27.7. The van der Waals surface area contributed by atoms with E-state index in [4.69, 9.17) is 33.3 Å². The van der Waals surface area contributed by atoms with Crippen LogP contribution in [0.2, 0.25) is 5.02 Å². The van der Waals surface area contributed by atoms with Gasteiger partial charge in [0.15, 0.2) is 15.8 Å². The van der Waals surface area contributed by atoms with E-state index in [9.17, 15) is 9.59 Å². The highest BCUT2D eigenvalue weighted by molar-refractivity contribution is 9.10. The third kappa shape index (κ3) is 6.94. The first-order chi connectivity index (χ1) is 17.7. The van der Waals surface area contributed by atoms with Gasteiger partial charge < -0.3 is 9.47 Å². The van der Waals surface area contributed by atoms with Gasteiger partial charge in [0.05, 0.1) is 16.0 Å². The molecule has 6 nitrogen and oxygen atoms in total. The number of carbonyl (C=O) groups is 2. The molecule has 2 amide bonds. The second kappa shape index (κ2) is 12.4. The molecule has 0 bridgehead atoms. The van der Waals surface area contributed by atoms with Crippen LogP contribution >= 0.6 is 67.4 Å². The highest BCUT2D eigenvalue weighted by atomic mass is 79.9. The molecule has 4 rings (SSSR count). The number of thiocarbonyl (C=S) groups is 1. The molecule has 1 heterocycles. The van der Waals surface area contributed by atoms with Crippen molar-refractivity contribution >= 4 is 89.7 Å². The molecule has 0 radical (unpaired) electrons. The predicted octanol–water partition coefficient (Wildman–Crippen LogP) is 7.39. The molecule has 0 atom stereocenters. The molecule has 1 N–H and O–H groups in total. The smallest absolute Gasteiger partial charge is 0.285 e. The lowest BCUT2D eigenvalue weighted by Gasteiger charge is -2.16. The van der Waals surface area contributed by atoms with E-state index in [0.717, 1.165) is 26.8 Å². The van der Waals surface area contributed by atoms with Crippen molar-refractivity contribution < 1.29 is 19.1 Å². The van der Waals surface area contributed by atoms with E-state index < -0.39 is 11.8 Å². The minimum atomic E-state index is -0.470. The molecule has 3 aromatic carbocycles. The monoisotopic (exact) mass is 680 g/mol. The van der Waals surface area contributed by atoms with Crippen molar-refractivity contribution in [3.63, 3.8) is 0 Å². The zero-order chi connectivity index (χ0) is 26.5.